The molecule has 0 fully saturated rings. The smallest absolute Gasteiger partial charge is 0.241 e. The Kier molecular flexibility index (Phi) is 5.33. The highest BCUT2D eigenvalue weighted by Gasteiger charge is 2.19. The summed E-state index contributed by atoms with van der Waals surface area (Å²) in [7, 11) is 3.61. The van der Waals surface area contributed by atoms with Gasteiger partial charge in [0.05, 0.1) is 9.98 Å². The number of carbonyl (C=O) groups excluding carboxylic acids is 1. The molecule has 2 heterocycles. The summed E-state index contributed by atoms with van der Waals surface area (Å²) in [4.78, 5) is 13.4. The van der Waals surface area contributed by atoms with Crippen LogP contribution >= 0.6 is 27.3 Å². The van der Waals surface area contributed by atoms with E-state index in [1.165, 1.54) is 4.88 Å². The van der Waals surface area contributed by atoms with Gasteiger partial charge in [-0.2, -0.15) is 5.10 Å². The number of carbonyl (C=O) groups is 1. The monoisotopic (exact) mass is 356 g/mol. The van der Waals surface area contributed by atoms with Crippen LogP contribution in [0.15, 0.2) is 28.3 Å². The van der Waals surface area contributed by atoms with Crippen LogP contribution in [0.25, 0.3) is 0 Å². The Morgan fingerprint density at radius 1 is 1.55 bits per heavy atom. The lowest BCUT2D eigenvalue weighted by molar-refractivity contribution is -0.123. The normalized spacial score (nSPS) is 12.3. The predicted octanol–water partition coefficient (Wildman–Crippen LogP) is 1.86. The molecule has 0 radical (unpaired) electrons. The van der Waals surface area contributed by atoms with Crippen LogP contribution in [0.4, 0.5) is 0 Å². The van der Waals surface area contributed by atoms with Crippen molar-refractivity contribution in [2.75, 3.05) is 13.6 Å². The molecular weight excluding hydrogens is 340 g/mol. The molecule has 0 aliphatic heterocycles. The van der Waals surface area contributed by atoms with Crippen LogP contribution in [0.3, 0.4) is 0 Å². The number of likely N-dealkylation sites (N-methyl/N-ethyl adjacent to an activating group) is 1. The number of halogens is 1. The molecular formula is C13H17BrN4OS. The molecule has 0 bridgehead atoms. The van der Waals surface area contributed by atoms with E-state index >= 15 is 0 Å². The summed E-state index contributed by atoms with van der Waals surface area (Å²) in [5.41, 5.74) is 0.867. The van der Waals surface area contributed by atoms with Crippen molar-refractivity contribution in [1.29, 1.82) is 0 Å². The van der Waals surface area contributed by atoms with Gasteiger partial charge in [-0.3, -0.25) is 9.48 Å². The molecule has 2 rings (SSSR count). The molecule has 7 heteroatoms. The third-order valence-electron chi connectivity index (χ3n) is 2.91. The first-order chi connectivity index (χ1) is 9.60. The van der Waals surface area contributed by atoms with E-state index in [2.05, 4.69) is 37.7 Å². The van der Waals surface area contributed by atoms with Crippen LogP contribution in [0.1, 0.15) is 16.5 Å². The van der Waals surface area contributed by atoms with Crippen LogP contribution in [0.5, 0.6) is 0 Å². The van der Waals surface area contributed by atoms with Crippen LogP contribution < -0.4 is 10.6 Å². The Bertz CT molecular complexity index is 580. The maximum absolute atomic E-state index is 12.2. The predicted molar refractivity (Wildman–Crippen MR) is 83.7 cm³/mol. The van der Waals surface area contributed by atoms with Crippen molar-refractivity contribution in [3.05, 3.63) is 38.8 Å². The van der Waals surface area contributed by atoms with E-state index in [-0.39, 0.29) is 11.9 Å². The molecule has 1 amide bonds. The standard InChI is InChI=1S/C13H17BrN4OS/c1-15-12(9-7-17-18(2)8-9)13(19)16-6-5-10-3-4-11(14)20-10/h3-4,7-8,12,15H,5-6H2,1-2H3,(H,16,19). The van der Waals surface area contributed by atoms with Crippen molar-refractivity contribution in [3.63, 3.8) is 0 Å². The first-order valence-electron chi connectivity index (χ1n) is 6.28. The number of aryl methyl sites for hydroxylation is 1. The third kappa shape index (κ3) is 3.91. The number of rotatable bonds is 6. The van der Waals surface area contributed by atoms with Gasteiger partial charge in [0.25, 0.3) is 0 Å². The number of hydrogen-bond donors (Lipinski definition) is 2. The van der Waals surface area contributed by atoms with Gasteiger partial charge in [0.15, 0.2) is 0 Å². The largest absolute Gasteiger partial charge is 0.354 e. The molecule has 0 aliphatic rings. The van der Waals surface area contributed by atoms with Crippen molar-refractivity contribution in [2.45, 2.75) is 12.5 Å². The molecule has 0 saturated carbocycles. The minimum Gasteiger partial charge on any atom is -0.354 e. The molecule has 0 aliphatic carbocycles. The van der Waals surface area contributed by atoms with Crippen molar-refractivity contribution in [1.82, 2.24) is 20.4 Å². The van der Waals surface area contributed by atoms with Gasteiger partial charge in [0.1, 0.15) is 6.04 Å². The molecule has 2 aromatic heterocycles. The molecule has 0 saturated heterocycles. The lowest BCUT2D eigenvalue weighted by atomic mass is 10.1. The third-order valence-corrected chi connectivity index (χ3v) is 4.59. The summed E-state index contributed by atoms with van der Waals surface area (Å²) in [5, 5.41) is 10.1. The van der Waals surface area contributed by atoms with Crippen LogP contribution in [-0.2, 0) is 18.3 Å². The highest BCUT2D eigenvalue weighted by Crippen LogP contribution is 2.22. The lowest BCUT2D eigenvalue weighted by Crippen LogP contribution is -2.36. The molecule has 0 aromatic carbocycles. The minimum absolute atomic E-state index is 0.0314. The maximum Gasteiger partial charge on any atom is 0.241 e. The number of nitrogens with zero attached hydrogens (tertiary/aromatic N) is 2. The maximum atomic E-state index is 12.2. The second-order valence-corrected chi connectivity index (χ2v) is 6.96. The number of aromatic nitrogens is 2. The molecule has 5 nitrogen and oxygen atoms in total. The van der Waals surface area contributed by atoms with Crippen molar-refractivity contribution >= 4 is 33.2 Å². The van der Waals surface area contributed by atoms with Gasteiger partial charge < -0.3 is 10.6 Å². The molecule has 20 heavy (non-hydrogen) atoms. The molecule has 0 spiro atoms. The summed E-state index contributed by atoms with van der Waals surface area (Å²) < 4.78 is 2.80. The quantitative estimate of drug-likeness (QED) is 0.830. The number of amides is 1. The van der Waals surface area contributed by atoms with Gasteiger partial charge in [-0.1, -0.05) is 0 Å². The van der Waals surface area contributed by atoms with Crippen LogP contribution in [0, 0.1) is 0 Å². The Morgan fingerprint density at radius 2 is 2.35 bits per heavy atom. The van der Waals surface area contributed by atoms with Gasteiger partial charge >= 0.3 is 0 Å². The Morgan fingerprint density at radius 3 is 2.90 bits per heavy atom. The van der Waals surface area contributed by atoms with Crippen LogP contribution in [-0.4, -0.2) is 29.3 Å². The summed E-state index contributed by atoms with van der Waals surface area (Å²) in [6.07, 6.45) is 4.39. The van der Waals surface area contributed by atoms with Gasteiger partial charge in [0.2, 0.25) is 5.91 Å². The van der Waals surface area contributed by atoms with E-state index in [1.54, 1.807) is 29.3 Å². The van der Waals surface area contributed by atoms with Crippen molar-refractivity contribution in [2.24, 2.45) is 7.05 Å². The van der Waals surface area contributed by atoms with E-state index in [9.17, 15) is 4.79 Å². The zero-order chi connectivity index (χ0) is 14.5. The number of thiophene rings is 1. The second-order valence-electron chi connectivity index (χ2n) is 4.42. The summed E-state index contributed by atoms with van der Waals surface area (Å²) in [5.74, 6) is -0.0314. The van der Waals surface area contributed by atoms with E-state index in [0.717, 1.165) is 15.8 Å². The fraction of sp³-hybridized carbons (Fsp3) is 0.385. The first-order valence-corrected chi connectivity index (χ1v) is 7.89. The summed E-state index contributed by atoms with van der Waals surface area (Å²) in [6, 6.07) is 3.73. The van der Waals surface area contributed by atoms with Crippen LogP contribution in [0.2, 0.25) is 0 Å². The SMILES string of the molecule is CNC(C(=O)NCCc1ccc(Br)s1)c1cnn(C)c1. The zero-order valence-corrected chi connectivity index (χ0v) is 13.8. The highest BCUT2D eigenvalue weighted by atomic mass is 79.9. The van der Waals surface area contributed by atoms with Gasteiger partial charge in [-0.15, -0.1) is 11.3 Å². The topological polar surface area (TPSA) is 59.0 Å². The number of hydrogen-bond acceptors (Lipinski definition) is 4. The number of nitrogens with one attached hydrogen (secondary N) is 2. The summed E-state index contributed by atoms with van der Waals surface area (Å²) >= 11 is 5.12. The van der Waals surface area contributed by atoms with E-state index in [1.807, 2.05) is 19.3 Å². The zero-order valence-electron chi connectivity index (χ0n) is 11.4. The molecule has 108 valence electrons. The Labute approximate surface area is 130 Å². The molecule has 2 N–H and O–H groups in total. The van der Waals surface area contributed by atoms with E-state index in [0.29, 0.717) is 6.54 Å². The van der Waals surface area contributed by atoms with E-state index < -0.39 is 0 Å². The Hall–Kier alpha value is -1.18. The molecule has 1 atom stereocenters. The van der Waals surface area contributed by atoms with Gasteiger partial charge in [-0.05, 0) is 41.5 Å². The molecule has 2 aromatic rings. The second kappa shape index (κ2) is 7.01. The fourth-order valence-corrected chi connectivity index (χ4v) is 3.42. The average molecular weight is 357 g/mol. The first kappa shape index (κ1) is 15.2. The molecule has 1 unspecified atom stereocenters. The fourth-order valence-electron chi connectivity index (χ4n) is 1.94. The van der Waals surface area contributed by atoms with E-state index in [4.69, 9.17) is 0 Å². The minimum atomic E-state index is -0.362. The average Bonchev–Trinajstić information content (AvgIpc) is 3.00. The Balaban J connectivity index is 1.86. The highest BCUT2D eigenvalue weighted by molar-refractivity contribution is 9.11. The van der Waals surface area contributed by atoms with Gasteiger partial charge in [0, 0.05) is 30.2 Å². The van der Waals surface area contributed by atoms with Crippen molar-refractivity contribution < 1.29 is 4.79 Å². The summed E-state index contributed by atoms with van der Waals surface area (Å²) in [6.45, 7) is 0.629. The lowest BCUT2D eigenvalue weighted by Gasteiger charge is -2.14. The van der Waals surface area contributed by atoms with Crippen molar-refractivity contribution in [3.8, 4) is 0 Å². The van der Waals surface area contributed by atoms with Gasteiger partial charge in [-0.25, -0.2) is 0 Å².